The molecule has 1 amide bonds. The van der Waals surface area contributed by atoms with Crippen LogP contribution in [-0.4, -0.2) is 45.5 Å². The lowest BCUT2D eigenvalue weighted by Crippen LogP contribution is -2.41. The van der Waals surface area contributed by atoms with Gasteiger partial charge in [0.15, 0.2) is 0 Å². The monoisotopic (exact) mass is 489 g/mol. The Kier molecular flexibility index (Phi) is 7.43. The van der Waals surface area contributed by atoms with E-state index in [0.717, 1.165) is 48.4 Å². The van der Waals surface area contributed by atoms with Crippen molar-refractivity contribution in [1.29, 1.82) is 0 Å². The molecule has 188 valence electrons. The number of amides is 1. The van der Waals surface area contributed by atoms with Crippen LogP contribution in [0.4, 0.5) is 4.39 Å². The number of likely N-dealkylation sites (tertiary alicyclic amines) is 1. The first-order valence-corrected chi connectivity index (χ1v) is 12.0. The number of nitrogens with zero attached hydrogens (tertiary/aromatic N) is 4. The molecule has 1 fully saturated rings. The van der Waals surface area contributed by atoms with Crippen LogP contribution < -0.4 is 10.5 Å². The maximum Gasteiger partial charge on any atom is 0.275 e. The second kappa shape index (κ2) is 10.7. The third-order valence-electron chi connectivity index (χ3n) is 6.47. The molecule has 1 aliphatic heterocycles. The molecule has 1 aromatic heterocycles. The summed E-state index contributed by atoms with van der Waals surface area (Å²) in [7, 11) is 1.59. The average molecular weight is 490 g/mol. The molecule has 1 aliphatic rings. The minimum atomic E-state index is -0.389. The molecule has 4 rings (SSSR count). The smallest absolute Gasteiger partial charge is 0.275 e. The zero-order chi connectivity index (χ0) is 25.8. The highest BCUT2D eigenvalue weighted by molar-refractivity contribution is 5.98. The van der Waals surface area contributed by atoms with Crippen molar-refractivity contribution in [3.63, 3.8) is 0 Å². The summed E-state index contributed by atoms with van der Waals surface area (Å²) in [6.45, 7) is 9.70. The molecule has 2 heterocycles. The van der Waals surface area contributed by atoms with E-state index in [2.05, 4.69) is 16.5 Å². The van der Waals surface area contributed by atoms with Crippen LogP contribution in [0.3, 0.4) is 0 Å². The van der Waals surface area contributed by atoms with E-state index in [9.17, 15) is 9.18 Å². The van der Waals surface area contributed by atoms with Gasteiger partial charge in [-0.2, -0.15) is 0 Å². The molecule has 3 aromatic rings. The second-order valence-electron chi connectivity index (χ2n) is 8.97. The fourth-order valence-corrected chi connectivity index (χ4v) is 4.47. The molecule has 1 unspecified atom stereocenters. The summed E-state index contributed by atoms with van der Waals surface area (Å²) in [6, 6.07) is 11.3. The van der Waals surface area contributed by atoms with Crippen molar-refractivity contribution in [3.05, 3.63) is 95.7 Å². The summed E-state index contributed by atoms with van der Waals surface area (Å²) < 4.78 is 21.0. The number of aryl methyl sites for hydroxylation is 1. The maximum absolute atomic E-state index is 13.7. The van der Waals surface area contributed by atoms with E-state index in [0.29, 0.717) is 11.6 Å². The number of hydrogen-bond acceptors (Lipinski definition) is 5. The van der Waals surface area contributed by atoms with Gasteiger partial charge in [0.2, 0.25) is 0 Å². The molecule has 1 saturated heterocycles. The van der Waals surface area contributed by atoms with Crippen LogP contribution in [0.2, 0.25) is 0 Å². The van der Waals surface area contributed by atoms with Gasteiger partial charge in [-0.3, -0.25) is 9.69 Å². The van der Waals surface area contributed by atoms with Crippen LogP contribution in [-0.2, 0) is 4.79 Å². The molecule has 8 heteroatoms. The van der Waals surface area contributed by atoms with Gasteiger partial charge in [-0.05, 0) is 68.2 Å². The highest BCUT2D eigenvalue weighted by Gasteiger charge is 2.30. The number of ether oxygens (including phenoxy) is 1. The molecule has 0 bridgehead atoms. The number of hydrogen-bond donors (Lipinski definition) is 1. The van der Waals surface area contributed by atoms with Gasteiger partial charge in [-0.15, -0.1) is 0 Å². The third-order valence-corrected chi connectivity index (χ3v) is 6.47. The van der Waals surface area contributed by atoms with Crippen LogP contribution >= 0.6 is 0 Å². The van der Waals surface area contributed by atoms with Gasteiger partial charge in [0, 0.05) is 19.3 Å². The van der Waals surface area contributed by atoms with Crippen molar-refractivity contribution in [2.24, 2.45) is 5.73 Å². The molecule has 2 aromatic carbocycles. The topological polar surface area (TPSA) is 76.6 Å². The van der Waals surface area contributed by atoms with Gasteiger partial charge >= 0.3 is 0 Å². The lowest BCUT2D eigenvalue weighted by atomic mass is 10.1. The van der Waals surface area contributed by atoms with Gasteiger partial charge < -0.3 is 19.9 Å². The fraction of sp³-hybridized carbons (Fsp3) is 0.286. The summed E-state index contributed by atoms with van der Waals surface area (Å²) in [5, 5.41) is 0. The molecular weight excluding hydrogens is 457 g/mol. The van der Waals surface area contributed by atoms with Crippen molar-refractivity contribution in [3.8, 4) is 11.4 Å². The van der Waals surface area contributed by atoms with Crippen LogP contribution in [0.25, 0.3) is 11.8 Å². The lowest BCUT2D eigenvalue weighted by Gasteiger charge is -2.36. The van der Waals surface area contributed by atoms with Crippen LogP contribution in [0, 0.1) is 12.7 Å². The Labute approximate surface area is 211 Å². The predicted molar refractivity (Wildman–Crippen MR) is 139 cm³/mol. The largest absolute Gasteiger partial charge is 0.495 e. The van der Waals surface area contributed by atoms with Crippen molar-refractivity contribution in [2.75, 3.05) is 20.2 Å². The number of methoxy groups -OCH3 is 1. The maximum atomic E-state index is 13.7. The molecule has 7 nitrogen and oxygen atoms in total. The van der Waals surface area contributed by atoms with E-state index in [4.69, 9.17) is 10.5 Å². The summed E-state index contributed by atoms with van der Waals surface area (Å²) >= 11 is 0. The number of carbonyl (C=O) groups is 1. The van der Waals surface area contributed by atoms with E-state index in [1.54, 1.807) is 36.5 Å². The molecule has 2 N–H and O–H groups in total. The molecule has 1 atom stereocenters. The number of aromatic nitrogens is 2. The first-order chi connectivity index (χ1) is 17.3. The van der Waals surface area contributed by atoms with Gasteiger partial charge in [0.05, 0.1) is 36.6 Å². The Bertz CT molecular complexity index is 1280. The number of imidazole rings is 1. The Balaban J connectivity index is 1.65. The van der Waals surface area contributed by atoms with Crippen molar-refractivity contribution >= 4 is 12.0 Å². The zero-order valence-corrected chi connectivity index (χ0v) is 20.9. The molecule has 36 heavy (non-hydrogen) atoms. The molecule has 0 radical (unpaired) electrons. The summed E-state index contributed by atoms with van der Waals surface area (Å²) in [5.74, 6) is 0.523. The van der Waals surface area contributed by atoms with Gasteiger partial charge in [-0.25, -0.2) is 9.37 Å². The number of carbonyl (C=O) groups excluding carboxylic acids is 1. The Morgan fingerprint density at radius 2 is 1.92 bits per heavy atom. The fourth-order valence-electron chi connectivity index (χ4n) is 4.47. The van der Waals surface area contributed by atoms with Gasteiger partial charge in [0.1, 0.15) is 17.4 Å². The van der Waals surface area contributed by atoms with Crippen molar-refractivity contribution in [2.45, 2.75) is 32.7 Å². The van der Waals surface area contributed by atoms with E-state index in [1.807, 2.05) is 42.8 Å². The van der Waals surface area contributed by atoms with Crippen LogP contribution in [0.15, 0.2) is 73.1 Å². The number of benzene rings is 2. The number of rotatable bonds is 8. The van der Waals surface area contributed by atoms with Gasteiger partial charge in [0.25, 0.3) is 5.91 Å². The first-order valence-electron chi connectivity index (χ1n) is 12.0. The van der Waals surface area contributed by atoms with E-state index in [-0.39, 0.29) is 23.5 Å². The second-order valence-corrected chi connectivity index (χ2v) is 8.97. The Hall–Kier alpha value is -4.07. The predicted octanol–water partition coefficient (Wildman–Crippen LogP) is 4.78. The zero-order valence-electron chi connectivity index (χ0n) is 20.9. The summed E-state index contributed by atoms with van der Waals surface area (Å²) in [4.78, 5) is 21.7. The molecular formula is C28H32FN5O2. The lowest BCUT2D eigenvalue weighted by molar-refractivity contribution is -0.128. The first kappa shape index (κ1) is 25.0. The SMILES string of the molecule is C=C(N1CCCC1)N(C(=O)/C(N)=C/c1ccc(-n2cnc(C)c2)c(OC)c1)C(C)c1ccc(F)cc1. The number of nitrogens with two attached hydrogens (primary N) is 1. The van der Waals surface area contributed by atoms with Crippen LogP contribution in [0.5, 0.6) is 5.75 Å². The Morgan fingerprint density at radius 3 is 2.53 bits per heavy atom. The Morgan fingerprint density at radius 1 is 1.22 bits per heavy atom. The van der Waals surface area contributed by atoms with E-state index < -0.39 is 0 Å². The van der Waals surface area contributed by atoms with Crippen molar-refractivity contribution in [1.82, 2.24) is 19.4 Å². The molecule has 0 spiro atoms. The minimum Gasteiger partial charge on any atom is -0.495 e. The highest BCUT2D eigenvalue weighted by Crippen LogP contribution is 2.30. The third kappa shape index (κ3) is 5.27. The summed E-state index contributed by atoms with van der Waals surface area (Å²) in [5.41, 5.74) is 9.67. The standard InChI is InChI=1S/C28H32FN5O2/c1-19-17-33(18-31-19)26-12-7-22(16-27(26)36-4)15-25(30)28(35)34(21(3)32-13-5-6-14-32)20(2)23-8-10-24(29)11-9-23/h7-12,15-18,20H,3,5-6,13-14,30H2,1-2,4H3/b25-15-. The van der Waals surface area contributed by atoms with Crippen LogP contribution in [0.1, 0.15) is 42.6 Å². The van der Waals surface area contributed by atoms with E-state index in [1.165, 1.54) is 12.1 Å². The summed E-state index contributed by atoms with van der Waals surface area (Å²) in [6.07, 6.45) is 7.35. The normalized spacial score (nSPS) is 14.6. The average Bonchev–Trinajstić information content (AvgIpc) is 3.56. The highest BCUT2D eigenvalue weighted by atomic mass is 19.1. The molecule has 0 saturated carbocycles. The van der Waals surface area contributed by atoms with Gasteiger partial charge in [-0.1, -0.05) is 24.8 Å². The molecule has 0 aliphatic carbocycles. The van der Waals surface area contributed by atoms with E-state index >= 15 is 0 Å². The van der Waals surface area contributed by atoms with Crippen molar-refractivity contribution < 1.29 is 13.9 Å². The quantitative estimate of drug-likeness (QED) is 0.461. The number of halogens is 1. The minimum absolute atomic E-state index is 0.0672.